The third-order valence-corrected chi connectivity index (χ3v) is 7.51. The van der Waals surface area contributed by atoms with Crippen LogP contribution in [0.5, 0.6) is 0 Å². The van der Waals surface area contributed by atoms with E-state index >= 15 is 0 Å². The lowest BCUT2D eigenvalue weighted by molar-refractivity contribution is -0.477. The second-order valence-corrected chi connectivity index (χ2v) is 9.85. The van der Waals surface area contributed by atoms with E-state index in [1.54, 1.807) is 14.1 Å². The fraction of sp³-hybridized carbons (Fsp3) is 0.750. The van der Waals surface area contributed by atoms with Gasteiger partial charge in [0.25, 0.3) is 0 Å². The molecule has 0 amide bonds. The molecule has 10 unspecified atom stereocenters. The van der Waals surface area contributed by atoms with Gasteiger partial charge in [0, 0.05) is 25.6 Å². The topological polar surface area (TPSA) is 124 Å². The molecule has 0 bridgehead atoms. The fourth-order valence-corrected chi connectivity index (χ4v) is 5.55. The number of hydrogen-bond acceptors (Lipinski definition) is 9. The van der Waals surface area contributed by atoms with Gasteiger partial charge in [-0.1, -0.05) is 37.3 Å². The quantitative estimate of drug-likeness (QED) is 0.321. The van der Waals surface area contributed by atoms with Gasteiger partial charge in [-0.15, -0.1) is 0 Å². The molecule has 186 valence electrons. The van der Waals surface area contributed by atoms with Gasteiger partial charge in [-0.2, -0.15) is 0 Å². The molecule has 2 heterocycles. The maximum absolute atomic E-state index is 11.7. The SMILES string of the molecule is CNC1CC2OC3OC(C)CC(O)(CNCC(C)c4ccccc4)C3(O)OC2C(NC)C1O. The van der Waals surface area contributed by atoms with Gasteiger partial charge in [-0.25, -0.2) is 0 Å². The van der Waals surface area contributed by atoms with Crippen LogP contribution in [-0.2, 0) is 14.2 Å². The predicted molar refractivity (Wildman–Crippen MR) is 123 cm³/mol. The average Bonchev–Trinajstić information content (AvgIpc) is 2.79. The summed E-state index contributed by atoms with van der Waals surface area (Å²) in [5, 5.41) is 43.7. The monoisotopic (exact) mass is 465 g/mol. The molecule has 0 radical (unpaired) electrons. The first-order chi connectivity index (χ1) is 15.7. The Labute approximate surface area is 195 Å². The first-order valence-corrected chi connectivity index (χ1v) is 11.9. The lowest BCUT2D eigenvalue weighted by atomic mass is 9.79. The lowest BCUT2D eigenvalue weighted by Gasteiger charge is -2.59. The summed E-state index contributed by atoms with van der Waals surface area (Å²) in [6.07, 6.45) is -2.59. The van der Waals surface area contributed by atoms with Crippen molar-refractivity contribution in [3.63, 3.8) is 0 Å². The van der Waals surface area contributed by atoms with Gasteiger partial charge in [-0.3, -0.25) is 0 Å². The standard InChI is InChI=1S/C24H39N3O6/c1-14(16-8-6-5-7-9-16)12-27-13-23(29)11-15(2)31-22-24(23,30)33-21-18(32-22)10-17(25-3)20(28)19(21)26-4/h5-9,14-15,17-22,25-30H,10-13H2,1-4H3. The van der Waals surface area contributed by atoms with E-state index in [1.165, 1.54) is 5.56 Å². The Bertz CT molecular complexity index is 787. The van der Waals surface area contributed by atoms with Gasteiger partial charge in [0.05, 0.1) is 24.4 Å². The molecule has 3 fully saturated rings. The van der Waals surface area contributed by atoms with E-state index in [9.17, 15) is 15.3 Å². The lowest BCUT2D eigenvalue weighted by Crippen LogP contribution is -2.79. The van der Waals surface area contributed by atoms with E-state index in [0.29, 0.717) is 13.0 Å². The molecule has 1 saturated carbocycles. The summed E-state index contributed by atoms with van der Waals surface area (Å²) in [5.41, 5.74) is -0.444. The molecule has 10 atom stereocenters. The Morgan fingerprint density at radius 2 is 1.85 bits per heavy atom. The summed E-state index contributed by atoms with van der Waals surface area (Å²) in [5.74, 6) is -1.85. The zero-order valence-electron chi connectivity index (χ0n) is 19.9. The molecule has 1 aromatic carbocycles. The molecule has 9 heteroatoms. The van der Waals surface area contributed by atoms with Gasteiger partial charge in [-0.05, 0) is 38.9 Å². The summed E-state index contributed by atoms with van der Waals surface area (Å²) in [7, 11) is 3.53. The minimum absolute atomic E-state index is 0.109. The van der Waals surface area contributed by atoms with Crippen molar-refractivity contribution in [1.29, 1.82) is 0 Å². The Balaban J connectivity index is 1.51. The first kappa shape index (κ1) is 25.0. The minimum Gasteiger partial charge on any atom is -0.390 e. The van der Waals surface area contributed by atoms with Crippen LogP contribution in [0.2, 0.25) is 0 Å². The number of fused-ring (bicyclic) bond motifs is 2. The molecular weight excluding hydrogens is 426 g/mol. The number of benzene rings is 1. The van der Waals surface area contributed by atoms with Crippen molar-refractivity contribution in [3.05, 3.63) is 35.9 Å². The highest BCUT2D eigenvalue weighted by molar-refractivity contribution is 5.19. The molecule has 9 nitrogen and oxygen atoms in total. The van der Waals surface area contributed by atoms with Gasteiger partial charge in [0.2, 0.25) is 12.1 Å². The summed E-state index contributed by atoms with van der Waals surface area (Å²) in [6.45, 7) is 4.69. The van der Waals surface area contributed by atoms with Crippen molar-refractivity contribution >= 4 is 0 Å². The Kier molecular flexibility index (Phi) is 7.45. The van der Waals surface area contributed by atoms with Crippen LogP contribution in [0.1, 0.15) is 38.2 Å². The number of aliphatic hydroxyl groups is 3. The fourth-order valence-electron chi connectivity index (χ4n) is 5.55. The normalized spacial score (nSPS) is 44.0. The molecule has 1 aliphatic carbocycles. The van der Waals surface area contributed by atoms with Crippen LogP contribution in [0.3, 0.4) is 0 Å². The van der Waals surface area contributed by atoms with Crippen molar-refractivity contribution in [3.8, 4) is 0 Å². The highest BCUT2D eigenvalue weighted by Gasteiger charge is 2.67. The number of likely N-dealkylation sites (N-methyl/N-ethyl adjacent to an activating group) is 2. The van der Waals surface area contributed by atoms with Gasteiger partial charge < -0.3 is 45.5 Å². The predicted octanol–water partition coefficient (Wildman–Crippen LogP) is -0.341. The molecule has 6 N–H and O–H groups in total. The number of hydrogen-bond donors (Lipinski definition) is 6. The average molecular weight is 466 g/mol. The Morgan fingerprint density at radius 1 is 1.12 bits per heavy atom. The van der Waals surface area contributed by atoms with Crippen molar-refractivity contribution < 1.29 is 29.5 Å². The number of nitrogens with one attached hydrogen (secondary N) is 3. The van der Waals surface area contributed by atoms with Crippen molar-refractivity contribution in [2.45, 2.75) is 86.8 Å². The molecule has 3 aliphatic rings. The second-order valence-electron chi connectivity index (χ2n) is 9.85. The summed E-state index contributed by atoms with van der Waals surface area (Å²) < 4.78 is 18.3. The van der Waals surface area contributed by atoms with Crippen LogP contribution in [0.4, 0.5) is 0 Å². The third kappa shape index (κ3) is 4.59. The van der Waals surface area contributed by atoms with E-state index in [0.717, 1.165) is 0 Å². The first-order valence-electron chi connectivity index (χ1n) is 11.9. The van der Waals surface area contributed by atoms with Crippen LogP contribution in [0, 0.1) is 0 Å². The van der Waals surface area contributed by atoms with Gasteiger partial charge >= 0.3 is 0 Å². The minimum atomic E-state index is -2.08. The van der Waals surface area contributed by atoms with Gasteiger partial charge in [0.1, 0.15) is 11.7 Å². The van der Waals surface area contributed by atoms with Crippen LogP contribution in [0.25, 0.3) is 0 Å². The molecule has 1 aromatic rings. The summed E-state index contributed by atoms with van der Waals surface area (Å²) >= 11 is 0. The molecule has 0 spiro atoms. The van der Waals surface area contributed by atoms with E-state index in [2.05, 4.69) is 35.0 Å². The van der Waals surface area contributed by atoms with Crippen LogP contribution in [0.15, 0.2) is 30.3 Å². The van der Waals surface area contributed by atoms with Crippen molar-refractivity contribution in [2.24, 2.45) is 0 Å². The largest absolute Gasteiger partial charge is 0.390 e. The zero-order valence-corrected chi connectivity index (χ0v) is 19.9. The Hall–Kier alpha value is -1.14. The molecular formula is C24H39N3O6. The summed E-state index contributed by atoms with van der Waals surface area (Å²) in [4.78, 5) is 0. The highest BCUT2D eigenvalue weighted by Crippen LogP contribution is 2.46. The number of ether oxygens (including phenoxy) is 3. The number of aliphatic hydroxyl groups excluding tert-OH is 1. The third-order valence-electron chi connectivity index (χ3n) is 7.51. The summed E-state index contributed by atoms with van der Waals surface area (Å²) in [6, 6.07) is 9.46. The van der Waals surface area contributed by atoms with E-state index in [-0.39, 0.29) is 31.0 Å². The number of rotatable bonds is 7. The van der Waals surface area contributed by atoms with Crippen LogP contribution >= 0.6 is 0 Å². The van der Waals surface area contributed by atoms with E-state index in [4.69, 9.17) is 14.2 Å². The van der Waals surface area contributed by atoms with Crippen LogP contribution in [-0.4, -0.2) is 96.7 Å². The molecule has 2 aliphatic heterocycles. The maximum Gasteiger partial charge on any atom is 0.249 e. The molecule has 4 rings (SSSR count). The van der Waals surface area contributed by atoms with Crippen molar-refractivity contribution in [1.82, 2.24) is 16.0 Å². The van der Waals surface area contributed by atoms with Crippen LogP contribution < -0.4 is 16.0 Å². The maximum atomic E-state index is 11.7. The molecule has 33 heavy (non-hydrogen) atoms. The van der Waals surface area contributed by atoms with E-state index in [1.807, 2.05) is 25.1 Å². The van der Waals surface area contributed by atoms with Gasteiger partial charge in [0.15, 0.2) is 0 Å². The molecule has 2 saturated heterocycles. The smallest absolute Gasteiger partial charge is 0.249 e. The van der Waals surface area contributed by atoms with Crippen molar-refractivity contribution in [2.75, 3.05) is 27.2 Å². The Morgan fingerprint density at radius 3 is 2.52 bits per heavy atom. The zero-order chi connectivity index (χ0) is 23.8. The molecule has 0 aromatic heterocycles. The highest BCUT2D eigenvalue weighted by atomic mass is 16.8. The second kappa shape index (κ2) is 9.85. The van der Waals surface area contributed by atoms with E-state index < -0.39 is 42.0 Å².